The summed E-state index contributed by atoms with van der Waals surface area (Å²) >= 11 is 5.36. The maximum absolute atomic E-state index is 13.2. The van der Waals surface area contributed by atoms with E-state index in [9.17, 15) is 87.9 Å². The number of aliphatic carboxylic acids is 3. The van der Waals surface area contributed by atoms with E-state index in [1.54, 1.807) is 60.7 Å². The average molecular weight is 1840 g/mol. The number of sulfonamides is 3. The van der Waals surface area contributed by atoms with Crippen LogP contribution in [0.3, 0.4) is 0 Å². The van der Waals surface area contributed by atoms with Crippen LogP contribution in [-0.2, 0) is 82.6 Å². The van der Waals surface area contributed by atoms with Crippen LogP contribution in [0.4, 0.5) is 0 Å². The van der Waals surface area contributed by atoms with Crippen molar-refractivity contribution in [3.05, 3.63) is 241 Å². The second kappa shape index (κ2) is 52.6. The molecule has 0 aliphatic carbocycles. The number of piperazine rings is 3. The number of rotatable bonds is 30. The molecule has 0 spiro atoms. The van der Waals surface area contributed by atoms with Crippen molar-refractivity contribution < 1.29 is 112 Å². The van der Waals surface area contributed by atoms with Crippen LogP contribution >= 0.6 is 11.6 Å². The molecule has 3 fully saturated rings. The number of methoxy groups -OCH3 is 3. The first-order valence-corrected chi connectivity index (χ1v) is 46.2. The largest absolute Gasteiger partial charge is 0.481 e. The zero-order valence-corrected chi connectivity index (χ0v) is 74.8. The fourth-order valence-electron chi connectivity index (χ4n) is 12.6. The molecule has 0 bridgehead atoms. The normalized spacial score (nSPS) is 14.3. The summed E-state index contributed by atoms with van der Waals surface area (Å²) in [5.41, 5.74) is 14.8. The van der Waals surface area contributed by atoms with Gasteiger partial charge in [0.1, 0.15) is 24.2 Å². The molecule has 3 heterocycles. The number of hydrogen-bond donors (Lipinski definition) is 8. The first-order chi connectivity index (χ1) is 60.8. The van der Waals surface area contributed by atoms with Crippen LogP contribution in [0.5, 0.6) is 0 Å². The summed E-state index contributed by atoms with van der Waals surface area (Å²) < 4.78 is 86.2. The van der Waals surface area contributed by atoms with Crippen molar-refractivity contribution in [2.45, 2.75) is 75.5 Å². The van der Waals surface area contributed by atoms with Gasteiger partial charge < -0.3 is 66.3 Å². The topological polar surface area (TPSA) is 486 Å². The number of carboxylic acid groups (broad SMARTS) is 3. The lowest BCUT2D eigenvalue weighted by Gasteiger charge is -2.35. The van der Waals surface area contributed by atoms with Crippen LogP contribution in [-0.4, -0.2) is 277 Å². The molecule has 3 saturated heterocycles. The van der Waals surface area contributed by atoms with E-state index in [1.807, 2.05) is 158 Å². The quantitative estimate of drug-likeness (QED) is 0.0124. The third kappa shape index (κ3) is 36.1. The molecule has 3 aliphatic rings. The van der Waals surface area contributed by atoms with Crippen molar-refractivity contribution >= 4 is 112 Å². The Morgan fingerprint density at radius 1 is 0.352 bits per heavy atom. The lowest BCUT2D eigenvalue weighted by Crippen LogP contribution is -2.55. The maximum Gasteiger partial charge on any atom is 0.326 e. The molecule has 3 aliphatic heterocycles. The van der Waals surface area contributed by atoms with Gasteiger partial charge in [0.25, 0.3) is 23.0 Å². The number of nitrogens with one attached hydrogen (secondary N) is 4. The average Bonchev–Trinajstić information content (AvgIpc) is 0.828. The molecule has 686 valence electrons. The van der Waals surface area contributed by atoms with Gasteiger partial charge in [-0.3, -0.25) is 52.7 Å². The molecule has 34 nitrogen and oxygen atoms in total. The highest BCUT2D eigenvalue weighted by atomic mass is 35.5. The Bertz CT molecular complexity index is 5350. The number of carbonyl (C=O) groups excluding carboxylic acids is 9. The summed E-state index contributed by atoms with van der Waals surface area (Å²) in [6, 6.07) is 63.1. The zero-order valence-electron chi connectivity index (χ0n) is 71.6. The number of benzene rings is 8. The third-order valence-corrected chi connectivity index (χ3v) is 24.1. The fraction of sp³-hybridized carbons (Fsp3) is 0.333. The number of ether oxygens (including phenoxy) is 3. The lowest BCUT2D eigenvalue weighted by molar-refractivity contribution is -0.143. The molecule has 9 N–H and O–H groups in total. The molecular formula is C90H107ClN10O24S3. The molecule has 11 rings (SSSR count). The smallest absolute Gasteiger partial charge is 0.326 e. The highest BCUT2D eigenvalue weighted by molar-refractivity contribution is 7.88. The van der Waals surface area contributed by atoms with E-state index in [4.69, 9.17) is 27.5 Å². The number of carbonyl (C=O) groups is 12. The van der Waals surface area contributed by atoms with Crippen LogP contribution in [0.15, 0.2) is 218 Å². The van der Waals surface area contributed by atoms with Gasteiger partial charge in [-0.15, -0.1) is 0 Å². The van der Waals surface area contributed by atoms with Gasteiger partial charge in [0.05, 0.1) is 40.1 Å². The van der Waals surface area contributed by atoms with Gasteiger partial charge >= 0.3 is 35.8 Å². The number of nitrogens with zero attached hydrogens (tertiary/aromatic N) is 5. The summed E-state index contributed by atoms with van der Waals surface area (Å²) in [4.78, 5) is 144. The van der Waals surface area contributed by atoms with E-state index >= 15 is 0 Å². The van der Waals surface area contributed by atoms with Crippen LogP contribution in [0.2, 0.25) is 0 Å². The summed E-state index contributed by atoms with van der Waals surface area (Å²) in [5.74, 6) is -7.01. The summed E-state index contributed by atoms with van der Waals surface area (Å²) in [6.45, 7) is 4.22. The molecule has 5 amide bonds. The minimum atomic E-state index is -3.35. The number of carboxylic acids is 3. The van der Waals surface area contributed by atoms with Gasteiger partial charge in [0.2, 0.25) is 41.9 Å². The van der Waals surface area contributed by atoms with Crippen LogP contribution in [0, 0.1) is 0 Å². The Kier molecular flexibility index (Phi) is 42.9. The molecule has 0 aromatic heterocycles. The minimum Gasteiger partial charge on any atom is -0.481 e. The molecule has 0 radical (unpaired) electrons. The summed E-state index contributed by atoms with van der Waals surface area (Å²) in [5, 5.41) is 37.0. The predicted molar refractivity (Wildman–Crippen MR) is 481 cm³/mol. The molecule has 4 atom stereocenters. The Hall–Kier alpha value is -12.5. The first kappa shape index (κ1) is 104. The van der Waals surface area contributed by atoms with E-state index in [2.05, 4.69) is 35.5 Å². The van der Waals surface area contributed by atoms with Gasteiger partial charge in [0, 0.05) is 126 Å². The second-order valence-corrected chi connectivity index (χ2v) is 35.4. The zero-order chi connectivity index (χ0) is 94.1. The molecule has 0 saturated carbocycles. The van der Waals surface area contributed by atoms with Crippen molar-refractivity contribution in [3.63, 3.8) is 0 Å². The van der Waals surface area contributed by atoms with Crippen molar-refractivity contribution in [3.8, 4) is 44.5 Å². The molecule has 8 aromatic carbocycles. The van der Waals surface area contributed by atoms with Gasteiger partial charge in [-0.1, -0.05) is 170 Å². The molecule has 128 heavy (non-hydrogen) atoms. The first-order valence-electron chi connectivity index (χ1n) is 40.3. The molecular weight excluding hydrogens is 1740 g/mol. The number of nitrogens with two attached hydrogens (primary N) is 1. The van der Waals surface area contributed by atoms with Crippen molar-refractivity contribution in [1.29, 1.82) is 0 Å². The van der Waals surface area contributed by atoms with E-state index in [1.165, 1.54) is 50.3 Å². The third-order valence-electron chi connectivity index (χ3n) is 20.0. The van der Waals surface area contributed by atoms with Crippen molar-refractivity contribution in [2.75, 3.05) is 119 Å². The van der Waals surface area contributed by atoms with Gasteiger partial charge in [-0.05, 0) is 130 Å². The number of halogens is 1. The van der Waals surface area contributed by atoms with Crippen LogP contribution < -0.4 is 27.0 Å². The van der Waals surface area contributed by atoms with E-state index in [0.717, 1.165) is 70.1 Å². The van der Waals surface area contributed by atoms with Crippen molar-refractivity contribution in [2.24, 2.45) is 5.73 Å². The standard InChI is InChI=1S/C24H29N3O6S.C23H27N3O6S.C19H19NO5.C13H9ClO.C6H11NO4.C5H12N2O2S/c1-33-22(28)13-12-21(24(30)26-14-16-27(17-15-26)34(2,31)32)25-23(29)20-10-8-19(9-11-20)18-6-4-3-5-7-18;1-33(31,32)26-15-13-25(14-16-26)23(30)20(11-12-21(27)28)24-22(29)19-9-7-18(8-10-19)17-5-3-2-4-6-17;1-25-17(21)12-11-16(19(23)24)20-18(22)15-9-7-14(8-10-15)13-5-3-2-4-6-13;14-13(15)12-8-6-11(7-9-12)10-4-2-1-3-5-10;1-11-5(8)3-2-4(7)6(9)10;1-10(8,9)7-4-2-6-3-5-7/h3-11,21H,12-17H2,1-2H3,(H,25,29);2-10,20H,11-16H2,1H3,(H,24,29)(H,27,28);2-10,16H,11-12H2,1H3,(H,20,22)(H,23,24);1-9H;4H,2-3,7H2,1H3,(H,9,10);6H,2-5H2,1H3/t21-;20-;16-;;4-;/m000.0./s1. The molecule has 38 heteroatoms. The number of hydrogen-bond acceptors (Lipinski definition) is 23. The van der Waals surface area contributed by atoms with E-state index < -0.39 is 119 Å². The van der Waals surface area contributed by atoms with Gasteiger partial charge in [-0.2, -0.15) is 12.9 Å². The van der Waals surface area contributed by atoms with E-state index in [0.29, 0.717) is 35.3 Å². The fourth-order valence-corrected chi connectivity index (χ4v) is 15.3. The highest BCUT2D eigenvalue weighted by Crippen LogP contribution is 2.25. The summed E-state index contributed by atoms with van der Waals surface area (Å²) in [6.07, 6.45) is 3.23. The molecule has 0 unspecified atom stereocenters. The maximum atomic E-state index is 13.2. The predicted octanol–water partition coefficient (Wildman–Crippen LogP) is 7.35. The Morgan fingerprint density at radius 3 is 0.852 bits per heavy atom. The van der Waals surface area contributed by atoms with Crippen LogP contribution in [0.1, 0.15) is 92.8 Å². The van der Waals surface area contributed by atoms with Gasteiger partial charge in [0.15, 0.2) is 0 Å². The number of esters is 3. The summed E-state index contributed by atoms with van der Waals surface area (Å²) in [7, 11) is -5.88. The van der Waals surface area contributed by atoms with Gasteiger partial charge in [-0.25, -0.2) is 30.0 Å². The number of amides is 5. The Balaban J connectivity index is 0.000000250. The van der Waals surface area contributed by atoms with Crippen molar-refractivity contribution in [1.82, 2.24) is 44.0 Å². The SMILES string of the molecule is COC(=O)CC[C@H](N)C(=O)O.COC(=O)CC[C@H](NC(=O)c1ccc(-c2ccccc2)cc1)C(=O)N1CCN(S(C)(=O)=O)CC1.COC(=O)CC[C@H](NC(=O)c1ccc(-c2ccccc2)cc1)C(=O)O.CS(=O)(=O)N1CCN(C(=O)[C@H](CCC(=O)O)NC(=O)c2ccc(-c3ccccc3)cc2)CC1.CS(=O)(=O)N1CCNCC1.O=C(Cl)c1ccc(-c2ccccc2)cc1. The van der Waals surface area contributed by atoms with E-state index in [-0.39, 0.29) is 110 Å². The highest BCUT2D eigenvalue weighted by Gasteiger charge is 2.34. The molecule has 8 aromatic rings. The van der Waals surface area contributed by atoms with Crippen LogP contribution in [0.25, 0.3) is 44.5 Å². The Morgan fingerprint density at radius 2 is 0.602 bits per heavy atom. The Labute approximate surface area is 749 Å². The minimum absolute atomic E-state index is 0.0319. The monoisotopic (exact) mass is 1840 g/mol. The second-order valence-electron chi connectivity index (χ2n) is 29.1. The lowest BCUT2D eigenvalue weighted by atomic mass is 10.0.